The number of hydrogen-bond donors (Lipinski definition) is 2. The maximum Gasteiger partial charge on any atom is 0.419 e. The van der Waals surface area contributed by atoms with Crippen LogP contribution in [0.4, 0.5) is 46.3 Å². The van der Waals surface area contributed by atoms with Gasteiger partial charge in [-0.25, -0.2) is 19.4 Å². The van der Waals surface area contributed by atoms with E-state index in [9.17, 15) is 22.4 Å². The van der Waals surface area contributed by atoms with Gasteiger partial charge in [-0.15, -0.1) is 0 Å². The van der Waals surface area contributed by atoms with Gasteiger partial charge in [0.05, 0.1) is 61.1 Å². The zero-order valence-electron chi connectivity index (χ0n) is 23.0. The molecule has 3 atom stereocenters. The molecule has 10 nitrogen and oxygen atoms in total. The van der Waals surface area contributed by atoms with Crippen LogP contribution >= 0.6 is 0 Å². The molecule has 43 heavy (non-hydrogen) atoms. The molecule has 3 aromatic rings. The van der Waals surface area contributed by atoms with E-state index in [1.54, 1.807) is 12.1 Å². The van der Waals surface area contributed by atoms with Crippen LogP contribution in [0.25, 0.3) is 0 Å². The molecule has 0 radical (unpaired) electrons. The number of carbonyl (C=O) groups is 1. The number of alkyl halides is 3. The Hall–Kier alpha value is -4.43. The molecule has 4 heterocycles. The minimum Gasteiger partial charge on any atom is -0.494 e. The first-order valence-electron chi connectivity index (χ1n) is 13.6. The van der Waals surface area contributed by atoms with Crippen molar-refractivity contribution in [2.45, 2.75) is 37.2 Å². The van der Waals surface area contributed by atoms with E-state index in [-0.39, 0.29) is 36.0 Å². The summed E-state index contributed by atoms with van der Waals surface area (Å²) in [6, 6.07) is 7.58. The second kappa shape index (κ2) is 11.3. The monoisotopic (exact) mass is 600 g/mol. The summed E-state index contributed by atoms with van der Waals surface area (Å²) in [4.78, 5) is 28.8. The van der Waals surface area contributed by atoms with E-state index >= 15 is 0 Å². The predicted molar refractivity (Wildman–Crippen MR) is 150 cm³/mol. The molecule has 2 bridgehead atoms. The largest absolute Gasteiger partial charge is 0.494 e. The van der Waals surface area contributed by atoms with E-state index in [4.69, 9.17) is 14.3 Å². The number of nitrogens with one attached hydrogen (secondary N) is 2. The van der Waals surface area contributed by atoms with Crippen molar-refractivity contribution in [3.63, 3.8) is 0 Å². The van der Waals surface area contributed by atoms with E-state index in [1.807, 2.05) is 6.07 Å². The highest BCUT2D eigenvalue weighted by Crippen LogP contribution is 2.43. The number of anilines is 5. The fourth-order valence-corrected chi connectivity index (χ4v) is 5.69. The van der Waals surface area contributed by atoms with Gasteiger partial charge in [0, 0.05) is 25.1 Å². The molecule has 2 N–H and O–H groups in total. The lowest BCUT2D eigenvalue weighted by Crippen LogP contribution is -2.37. The quantitative estimate of drug-likeness (QED) is 0.261. The molecule has 0 saturated carbocycles. The molecule has 14 heteroatoms. The van der Waals surface area contributed by atoms with Crippen molar-refractivity contribution in [1.82, 2.24) is 9.97 Å². The molecule has 1 aromatic heterocycles. The minimum absolute atomic E-state index is 0.128. The number of hydrogen-bond acceptors (Lipinski definition) is 9. The van der Waals surface area contributed by atoms with Crippen LogP contribution in [0.1, 0.15) is 30.0 Å². The first-order chi connectivity index (χ1) is 20.6. The highest BCUT2D eigenvalue weighted by atomic mass is 19.4. The van der Waals surface area contributed by atoms with Crippen molar-refractivity contribution in [2.75, 3.05) is 47.5 Å². The molecule has 3 aliphatic heterocycles. The van der Waals surface area contributed by atoms with Gasteiger partial charge >= 0.3 is 6.18 Å². The number of halogens is 4. The lowest BCUT2D eigenvalue weighted by atomic mass is 10.0. The maximum absolute atomic E-state index is 13.9. The Morgan fingerprint density at radius 1 is 1.19 bits per heavy atom. The van der Waals surface area contributed by atoms with Crippen LogP contribution in [-0.2, 0) is 20.5 Å². The third-order valence-electron chi connectivity index (χ3n) is 7.70. The van der Waals surface area contributed by atoms with E-state index in [0.717, 1.165) is 24.2 Å². The molecule has 6 rings (SSSR count). The third-order valence-corrected chi connectivity index (χ3v) is 7.70. The Bertz CT molecular complexity index is 1550. The minimum atomic E-state index is -4.84. The van der Waals surface area contributed by atoms with Crippen molar-refractivity contribution < 1.29 is 36.7 Å². The molecule has 3 saturated heterocycles. The van der Waals surface area contributed by atoms with Crippen molar-refractivity contribution in [1.29, 1.82) is 0 Å². The number of amides is 1. The molecule has 3 aliphatic rings. The normalized spacial score (nSPS) is 21.3. The summed E-state index contributed by atoms with van der Waals surface area (Å²) in [5, 5.41) is 7.44. The number of rotatable bonds is 8. The Morgan fingerprint density at radius 3 is 2.72 bits per heavy atom. The van der Waals surface area contributed by atoms with Crippen LogP contribution in [0.3, 0.4) is 0 Å². The van der Waals surface area contributed by atoms with Gasteiger partial charge in [0.25, 0.3) is 0 Å². The number of carbonyl (C=O) groups excluding carboxylic acids is 1. The zero-order chi connectivity index (χ0) is 30.3. The number of nitrogens with zero attached hydrogens (tertiary/aromatic N) is 4. The first-order valence-corrected chi connectivity index (χ1v) is 13.6. The standard InChI is InChI=1S/C29H28F4N6O4/c1-3-28(40)37-21-10-22(25(41-2)11-24(21)38-13-18-9-17(38)14-42-18)36-26-12-27(35-15-34-26)39-23(6-7-43-39)16-4-5-20(30)19(8-16)29(31,32)33/h3-5,8,10-12,15,17-18,23H,1,6-7,9,13-14H2,2H3,(H,37,40)(H,34,35,36)/t17-,18-,23-/m1/s1. The van der Waals surface area contributed by atoms with Gasteiger partial charge in [-0.2, -0.15) is 13.2 Å². The number of hydroxylamine groups is 1. The van der Waals surface area contributed by atoms with E-state index in [1.165, 1.54) is 30.6 Å². The average Bonchev–Trinajstić information content (AvgIpc) is 3.75. The highest BCUT2D eigenvalue weighted by Gasteiger charge is 2.40. The first kappa shape index (κ1) is 28.7. The molecule has 226 valence electrons. The molecule has 1 amide bonds. The van der Waals surface area contributed by atoms with Crippen LogP contribution in [0.15, 0.2) is 55.4 Å². The van der Waals surface area contributed by atoms with Crippen LogP contribution < -0.4 is 25.3 Å². The zero-order valence-corrected chi connectivity index (χ0v) is 23.0. The number of morpholine rings is 1. The van der Waals surface area contributed by atoms with Crippen molar-refractivity contribution >= 4 is 34.6 Å². The van der Waals surface area contributed by atoms with E-state index in [2.05, 4.69) is 32.1 Å². The third kappa shape index (κ3) is 5.67. The maximum atomic E-state index is 13.9. The SMILES string of the molecule is C=CC(=O)Nc1cc(Nc2cc(N3OCC[C@@H]3c3ccc(F)c(C(F)(F)F)c3)ncn2)c(OC)cc1N1C[C@H]2C[C@@H]1CO2. The number of methoxy groups -OCH3 is 1. The number of ether oxygens (including phenoxy) is 2. The molecule has 0 spiro atoms. The van der Waals surface area contributed by atoms with Crippen LogP contribution in [0.2, 0.25) is 0 Å². The van der Waals surface area contributed by atoms with Gasteiger partial charge in [0.2, 0.25) is 5.91 Å². The molecule has 0 unspecified atom stereocenters. The van der Waals surface area contributed by atoms with E-state index < -0.39 is 23.6 Å². The van der Waals surface area contributed by atoms with Crippen molar-refractivity contribution in [3.8, 4) is 5.75 Å². The Morgan fingerprint density at radius 2 is 2.02 bits per heavy atom. The molecular formula is C29H28F4N6O4. The summed E-state index contributed by atoms with van der Waals surface area (Å²) in [6.07, 6.45) is -0.983. The van der Waals surface area contributed by atoms with Gasteiger partial charge in [-0.1, -0.05) is 12.6 Å². The summed E-state index contributed by atoms with van der Waals surface area (Å²) in [7, 11) is 1.53. The van der Waals surface area contributed by atoms with Gasteiger partial charge in [0.15, 0.2) is 5.82 Å². The second-order valence-corrected chi connectivity index (χ2v) is 10.3. The predicted octanol–water partition coefficient (Wildman–Crippen LogP) is 5.37. The summed E-state index contributed by atoms with van der Waals surface area (Å²) in [6.45, 7) is 5.05. The average molecular weight is 601 g/mol. The van der Waals surface area contributed by atoms with Gasteiger partial charge in [-0.05, 0) is 36.3 Å². The summed E-state index contributed by atoms with van der Waals surface area (Å²) in [5.41, 5.74) is 0.701. The lowest BCUT2D eigenvalue weighted by molar-refractivity contribution is -0.140. The van der Waals surface area contributed by atoms with Gasteiger partial charge in [-0.3, -0.25) is 9.63 Å². The van der Waals surface area contributed by atoms with Gasteiger partial charge < -0.3 is 25.0 Å². The number of fused-ring (bicyclic) bond motifs is 2. The highest BCUT2D eigenvalue weighted by molar-refractivity contribution is 6.02. The van der Waals surface area contributed by atoms with Crippen molar-refractivity contribution in [3.05, 3.63) is 72.3 Å². The molecule has 3 fully saturated rings. The number of aromatic nitrogens is 2. The Balaban J connectivity index is 1.30. The summed E-state index contributed by atoms with van der Waals surface area (Å²) >= 11 is 0. The van der Waals surface area contributed by atoms with Crippen LogP contribution in [-0.4, -0.2) is 54.9 Å². The fourth-order valence-electron chi connectivity index (χ4n) is 5.69. The summed E-state index contributed by atoms with van der Waals surface area (Å²) < 4.78 is 65.4. The van der Waals surface area contributed by atoms with Crippen molar-refractivity contribution in [2.24, 2.45) is 0 Å². The summed E-state index contributed by atoms with van der Waals surface area (Å²) in [5.74, 6) is -0.632. The fraction of sp³-hybridized carbons (Fsp3) is 0.345. The number of benzene rings is 2. The van der Waals surface area contributed by atoms with Gasteiger partial charge in [0.1, 0.15) is 23.7 Å². The second-order valence-electron chi connectivity index (χ2n) is 10.3. The molecular weight excluding hydrogens is 572 g/mol. The smallest absolute Gasteiger partial charge is 0.419 e. The van der Waals surface area contributed by atoms with Crippen LogP contribution in [0.5, 0.6) is 5.75 Å². The van der Waals surface area contributed by atoms with Crippen LogP contribution in [0, 0.1) is 5.82 Å². The lowest BCUT2D eigenvalue weighted by Gasteiger charge is -2.31. The Labute approximate surface area is 244 Å². The molecule has 0 aliphatic carbocycles. The van der Waals surface area contributed by atoms with E-state index in [0.29, 0.717) is 42.5 Å². The molecule has 2 aromatic carbocycles. The topological polar surface area (TPSA) is 101 Å². The Kier molecular flexibility index (Phi) is 7.56.